The van der Waals surface area contributed by atoms with Crippen molar-refractivity contribution in [2.75, 3.05) is 33.9 Å². The number of nitrogens with zero attached hydrogens (tertiary/aromatic N) is 1. The van der Waals surface area contributed by atoms with E-state index in [9.17, 15) is 19.5 Å². The summed E-state index contributed by atoms with van der Waals surface area (Å²) in [5.74, 6) is -1.64. The van der Waals surface area contributed by atoms with E-state index in [-0.39, 0.29) is 26.2 Å². The van der Waals surface area contributed by atoms with E-state index in [2.05, 4.69) is 0 Å². The summed E-state index contributed by atoms with van der Waals surface area (Å²) in [5.41, 5.74) is -0.999. The minimum absolute atomic E-state index is 0.157. The number of carboxylic acids is 1. The molecule has 2 rings (SSSR count). The van der Waals surface area contributed by atoms with Crippen LogP contribution in [0.5, 0.6) is 5.75 Å². The van der Waals surface area contributed by atoms with Gasteiger partial charge in [0, 0.05) is 13.5 Å². The number of methoxy groups -OCH3 is 1. The molecule has 0 saturated carbocycles. The largest absolute Gasteiger partial charge is 0.497 e. The number of aliphatic hydroxyl groups is 1. The van der Waals surface area contributed by atoms with Crippen molar-refractivity contribution in [2.24, 2.45) is 0 Å². The van der Waals surface area contributed by atoms with E-state index in [1.54, 1.807) is 31.4 Å². The van der Waals surface area contributed by atoms with Gasteiger partial charge in [0.25, 0.3) is 0 Å². The normalized spacial score (nSPS) is 12.8. The number of carbonyl (C=O) groups is 3. The summed E-state index contributed by atoms with van der Waals surface area (Å²) in [5, 5.41) is 20.2. The van der Waals surface area contributed by atoms with Gasteiger partial charge in [0.1, 0.15) is 18.9 Å². The number of benzene rings is 2. The van der Waals surface area contributed by atoms with E-state index in [4.69, 9.17) is 14.6 Å². The van der Waals surface area contributed by atoms with E-state index in [0.717, 1.165) is 15.7 Å². The monoisotopic (exact) mass is 403 g/mol. The lowest BCUT2D eigenvalue weighted by Gasteiger charge is -2.27. The van der Waals surface area contributed by atoms with Crippen LogP contribution in [0.2, 0.25) is 0 Å². The minimum atomic E-state index is -1.48. The molecule has 0 bridgehead atoms. The first-order valence-corrected chi connectivity index (χ1v) is 9.03. The number of esters is 1. The number of hydrogen-bond donors (Lipinski definition) is 2. The Morgan fingerprint density at radius 2 is 1.76 bits per heavy atom. The number of carbonyl (C=O) groups excluding carboxylic acids is 2. The summed E-state index contributed by atoms with van der Waals surface area (Å²) in [4.78, 5) is 37.4. The molecule has 0 heterocycles. The van der Waals surface area contributed by atoms with Gasteiger partial charge in [0.05, 0.1) is 19.1 Å². The topological polar surface area (TPSA) is 113 Å². The lowest BCUT2D eigenvalue weighted by atomic mass is 9.78. The summed E-state index contributed by atoms with van der Waals surface area (Å²) in [6.07, 6.45) is -0.326. The average molecular weight is 403 g/mol. The van der Waals surface area contributed by atoms with Crippen LogP contribution < -0.4 is 4.74 Å². The maximum absolute atomic E-state index is 12.6. The van der Waals surface area contributed by atoms with Gasteiger partial charge in [-0.25, -0.2) is 0 Å². The molecule has 2 aromatic rings. The highest BCUT2D eigenvalue weighted by molar-refractivity contribution is 5.92. The van der Waals surface area contributed by atoms with Crippen molar-refractivity contribution in [3.63, 3.8) is 0 Å². The van der Waals surface area contributed by atoms with Crippen molar-refractivity contribution in [1.82, 2.24) is 4.90 Å². The zero-order valence-electron chi connectivity index (χ0n) is 16.7. The molecule has 0 aromatic heterocycles. The van der Waals surface area contributed by atoms with E-state index in [1.165, 1.54) is 14.0 Å². The third-order valence-electron chi connectivity index (χ3n) is 4.81. The minimum Gasteiger partial charge on any atom is -0.497 e. The molecule has 156 valence electrons. The fourth-order valence-corrected chi connectivity index (χ4v) is 2.92. The summed E-state index contributed by atoms with van der Waals surface area (Å²) < 4.78 is 9.93. The van der Waals surface area contributed by atoms with Gasteiger partial charge in [-0.3, -0.25) is 14.4 Å². The average Bonchev–Trinajstić information content (AvgIpc) is 2.70. The Balaban J connectivity index is 2.24. The van der Waals surface area contributed by atoms with Gasteiger partial charge in [-0.15, -0.1) is 0 Å². The molecule has 0 radical (unpaired) electrons. The SMILES string of the molecule is COc1ccc2cc([C@](C)(CC(=O)N(C)CC(=O)OCCO)C(=O)O)ccc2c1. The van der Waals surface area contributed by atoms with Gasteiger partial charge in [-0.05, 0) is 41.5 Å². The predicted molar refractivity (Wildman–Crippen MR) is 106 cm³/mol. The molecule has 2 aromatic carbocycles. The Kier molecular flexibility index (Phi) is 7.17. The number of hydrogen-bond acceptors (Lipinski definition) is 6. The smallest absolute Gasteiger partial charge is 0.325 e. The van der Waals surface area contributed by atoms with Gasteiger partial charge in [0.15, 0.2) is 0 Å². The predicted octanol–water partition coefficient (Wildman–Crippen LogP) is 1.57. The van der Waals surface area contributed by atoms with Crippen molar-refractivity contribution >= 4 is 28.6 Å². The van der Waals surface area contributed by atoms with E-state index in [1.807, 2.05) is 12.1 Å². The number of aliphatic carboxylic acids is 1. The van der Waals surface area contributed by atoms with Gasteiger partial charge >= 0.3 is 11.9 Å². The number of aliphatic hydroxyl groups excluding tert-OH is 1. The van der Waals surface area contributed by atoms with Gasteiger partial charge in [-0.2, -0.15) is 0 Å². The third-order valence-corrected chi connectivity index (χ3v) is 4.81. The molecule has 1 amide bonds. The number of carboxylic acid groups (broad SMARTS) is 1. The summed E-state index contributed by atoms with van der Waals surface area (Å²) in [6.45, 7) is 0.686. The van der Waals surface area contributed by atoms with Crippen LogP contribution in [0, 0.1) is 0 Å². The highest BCUT2D eigenvalue weighted by Gasteiger charge is 2.38. The Morgan fingerprint density at radius 3 is 2.38 bits per heavy atom. The molecule has 8 nitrogen and oxygen atoms in total. The fourth-order valence-electron chi connectivity index (χ4n) is 2.92. The zero-order chi connectivity index (χ0) is 21.6. The van der Waals surface area contributed by atoms with Gasteiger partial charge in [0.2, 0.25) is 5.91 Å². The second kappa shape index (κ2) is 9.38. The van der Waals surface area contributed by atoms with E-state index < -0.39 is 23.3 Å². The number of ether oxygens (including phenoxy) is 2. The molecule has 8 heteroatoms. The highest BCUT2D eigenvalue weighted by Crippen LogP contribution is 2.32. The molecule has 0 aliphatic carbocycles. The van der Waals surface area contributed by atoms with E-state index in [0.29, 0.717) is 11.3 Å². The van der Waals surface area contributed by atoms with Crippen LogP contribution in [0.3, 0.4) is 0 Å². The van der Waals surface area contributed by atoms with Crippen molar-refractivity contribution < 1.29 is 34.1 Å². The van der Waals surface area contributed by atoms with Gasteiger partial charge < -0.3 is 24.6 Å². The molecule has 1 atom stereocenters. The number of amides is 1. The first-order chi connectivity index (χ1) is 13.7. The molecular weight excluding hydrogens is 378 g/mol. The van der Waals surface area contributed by atoms with Crippen molar-refractivity contribution in [3.8, 4) is 5.75 Å². The Morgan fingerprint density at radius 1 is 1.10 bits per heavy atom. The highest BCUT2D eigenvalue weighted by atomic mass is 16.5. The number of rotatable bonds is 9. The van der Waals surface area contributed by atoms with Crippen LogP contribution in [-0.2, 0) is 24.5 Å². The lowest BCUT2D eigenvalue weighted by molar-refractivity contribution is -0.151. The second-order valence-corrected chi connectivity index (χ2v) is 6.94. The summed E-state index contributed by atoms with van der Waals surface area (Å²) in [7, 11) is 2.97. The molecule has 0 unspecified atom stereocenters. The molecule has 2 N–H and O–H groups in total. The lowest BCUT2D eigenvalue weighted by Crippen LogP contribution is -2.41. The van der Waals surface area contributed by atoms with Crippen LogP contribution in [0.25, 0.3) is 10.8 Å². The fraction of sp³-hybridized carbons (Fsp3) is 0.381. The summed E-state index contributed by atoms with van der Waals surface area (Å²) in [6, 6.07) is 10.7. The number of likely N-dealkylation sites (N-methyl/N-ethyl adjacent to an activating group) is 1. The Labute approximate surface area is 168 Å². The molecule has 0 aliphatic heterocycles. The van der Waals surface area contributed by atoms with Crippen LogP contribution in [-0.4, -0.2) is 66.9 Å². The van der Waals surface area contributed by atoms with Crippen molar-refractivity contribution in [1.29, 1.82) is 0 Å². The molecule has 0 saturated heterocycles. The summed E-state index contributed by atoms with van der Waals surface area (Å²) >= 11 is 0. The van der Waals surface area contributed by atoms with Crippen LogP contribution in [0.1, 0.15) is 18.9 Å². The maximum atomic E-state index is 12.6. The molecule has 0 aliphatic rings. The Bertz CT molecular complexity index is 911. The second-order valence-electron chi connectivity index (χ2n) is 6.94. The first-order valence-electron chi connectivity index (χ1n) is 9.03. The zero-order valence-corrected chi connectivity index (χ0v) is 16.7. The maximum Gasteiger partial charge on any atom is 0.325 e. The third kappa shape index (κ3) is 5.23. The van der Waals surface area contributed by atoms with Crippen LogP contribution >= 0.6 is 0 Å². The standard InChI is InChI=1S/C21H25NO7/c1-21(20(26)27,12-18(24)22(2)13-19(25)29-9-8-23)16-6-4-15-11-17(28-3)7-5-14(15)10-16/h4-7,10-11,23H,8-9,12-13H2,1-3H3,(H,26,27)/t21-/m0/s1. The van der Waals surface area contributed by atoms with Crippen molar-refractivity contribution in [3.05, 3.63) is 42.0 Å². The Hall–Kier alpha value is -3.13. The van der Waals surface area contributed by atoms with Gasteiger partial charge in [-0.1, -0.05) is 18.2 Å². The molecule has 29 heavy (non-hydrogen) atoms. The van der Waals surface area contributed by atoms with Crippen molar-refractivity contribution in [2.45, 2.75) is 18.8 Å². The first kappa shape index (κ1) is 22.2. The van der Waals surface area contributed by atoms with Crippen LogP contribution in [0.4, 0.5) is 0 Å². The molecule has 0 spiro atoms. The molecule has 0 fully saturated rings. The quantitative estimate of drug-likeness (QED) is 0.611. The van der Waals surface area contributed by atoms with Crippen LogP contribution in [0.15, 0.2) is 36.4 Å². The van der Waals surface area contributed by atoms with E-state index >= 15 is 0 Å². The molecular formula is C21H25NO7. The number of fused-ring (bicyclic) bond motifs is 1.